The summed E-state index contributed by atoms with van der Waals surface area (Å²) in [6.45, 7) is 0.968. The minimum absolute atomic E-state index is 0. The second-order valence-electron chi connectivity index (χ2n) is 5.85. The number of hydrogen-bond donors (Lipinski definition) is 4. The third-order valence-electron chi connectivity index (χ3n) is 3.87. The molecule has 26 heavy (non-hydrogen) atoms. The van der Waals surface area contributed by atoms with E-state index >= 15 is 0 Å². The summed E-state index contributed by atoms with van der Waals surface area (Å²) >= 11 is 0. The molecule has 8 nitrogen and oxygen atoms in total. The molecule has 3 atom stereocenters. The molecule has 2 rings (SSSR count). The van der Waals surface area contributed by atoms with Crippen molar-refractivity contribution in [2.45, 2.75) is 31.0 Å². The van der Waals surface area contributed by atoms with Crippen LogP contribution in [0, 0.1) is 0 Å². The number of benzene rings is 1. The van der Waals surface area contributed by atoms with Gasteiger partial charge in [0, 0.05) is 56.2 Å². The van der Waals surface area contributed by atoms with Crippen LogP contribution in [0.1, 0.15) is 12.0 Å². The predicted octanol–water partition coefficient (Wildman–Crippen LogP) is -1.09. The van der Waals surface area contributed by atoms with Gasteiger partial charge in [0.15, 0.2) is 0 Å². The SMILES string of the molecule is COCCCNC(=O)[C@H](Cc1ccccc1)NC(=O)[C@@H]1N[C@H]1C(=O)O.[Na]. The number of carbonyl (C=O) groups excluding carboxylic acids is 2. The summed E-state index contributed by atoms with van der Waals surface area (Å²) in [6, 6.07) is 6.86. The summed E-state index contributed by atoms with van der Waals surface area (Å²) in [5.74, 6) is -1.87. The van der Waals surface area contributed by atoms with Crippen molar-refractivity contribution < 1.29 is 24.2 Å². The molecule has 1 saturated heterocycles. The van der Waals surface area contributed by atoms with Crippen molar-refractivity contribution in [3.05, 3.63) is 35.9 Å². The van der Waals surface area contributed by atoms with E-state index in [4.69, 9.17) is 9.84 Å². The molecule has 0 aliphatic carbocycles. The van der Waals surface area contributed by atoms with Gasteiger partial charge in [-0.15, -0.1) is 0 Å². The van der Waals surface area contributed by atoms with Crippen molar-refractivity contribution in [2.75, 3.05) is 20.3 Å². The van der Waals surface area contributed by atoms with Gasteiger partial charge < -0.3 is 20.5 Å². The predicted molar refractivity (Wildman–Crippen MR) is 95.7 cm³/mol. The number of amides is 2. The van der Waals surface area contributed by atoms with Crippen molar-refractivity contribution in [1.82, 2.24) is 16.0 Å². The van der Waals surface area contributed by atoms with Crippen molar-refractivity contribution in [1.29, 1.82) is 0 Å². The van der Waals surface area contributed by atoms with Crippen LogP contribution < -0.4 is 16.0 Å². The Morgan fingerprint density at radius 3 is 2.50 bits per heavy atom. The number of carboxylic acids is 1. The molecule has 9 heteroatoms. The monoisotopic (exact) mass is 372 g/mol. The summed E-state index contributed by atoms with van der Waals surface area (Å²) < 4.78 is 4.93. The van der Waals surface area contributed by atoms with Gasteiger partial charge in [-0.3, -0.25) is 19.7 Å². The van der Waals surface area contributed by atoms with Crippen LogP contribution in [0.5, 0.6) is 0 Å². The molecule has 1 aromatic rings. The number of nitrogens with one attached hydrogen (secondary N) is 3. The Morgan fingerprint density at radius 2 is 1.92 bits per heavy atom. The molecule has 4 N–H and O–H groups in total. The zero-order valence-electron chi connectivity index (χ0n) is 15.0. The van der Waals surface area contributed by atoms with E-state index in [0.29, 0.717) is 26.0 Å². The average Bonchev–Trinajstić information content (AvgIpc) is 3.40. The maximum Gasteiger partial charge on any atom is 0.322 e. The maximum atomic E-state index is 12.4. The van der Waals surface area contributed by atoms with E-state index in [1.165, 1.54) is 0 Å². The van der Waals surface area contributed by atoms with Gasteiger partial charge in [0.2, 0.25) is 11.8 Å². The smallest absolute Gasteiger partial charge is 0.322 e. The second-order valence-corrected chi connectivity index (χ2v) is 5.85. The van der Waals surface area contributed by atoms with E-state index < -0.39 is 30.0 Å². The minimum Gasteiger partial charge on any atom is -0.480 e. The number of hydrogen-bond acceptors (Lipinski definition) is 5. The first-order valence-corrected chi connectivity index (χ1v) is 8.12. The van der Waals surface area contributed by atoms with E-state index in [1.54, 1.807) is 7.11 Å². The Kier molecular flexibility index (Phi) is 9.82. The topological polar surface area (TPSA) is 127 Å². The first-order valence-electron chi connectivity index (χ1n) is 8.12. The van der Waals surface area contributed by atoms with Gasteiger partial charge in [0.25, 0.3) is 0 Å². The van der Waals surface area contributed by atoms with Crippen molar-refractivity contribution in [3.8, 4) is 0 Å². The Balaban J connectivity index is 0.00000338. The Bertz CT molecular complexity index is 614. The van der Waals surface area contributed by atoms with Crippen LogP contribution in [0.4, 0.5) is 0 Å². The quantitative estimate of drug-likeness (QED) is 0.235. The summed E-state index contributed by atoms with van der Waals surface area (Å²) in [6.07, 6.45) is 0.993. The molecule has 1 heterocycles. The molecule has 0 aromatic heterocycles. The largest absolute Gasteiger partial charge is 0.480 e. The molecule has 0 bridgehead atoms. The standard InChI is InChI=1S/C17H23N3O5.Na/c1-25-9-5-8-18-15(21)12(10-11-6-3-2-4-7-11)19-16(22)13-14(20-13)17(23)24;/h2-4,6-7,12-14,20H,5,8-10H2,1H3,(H,18,21)(H,19,22)(H,23,24);/t12-,13+,14+;/m0./s1. The zero-order chi connectivity index (χ0) is 18.2. The van der Waals surface area contributed by atoms with Gasteiger partial charge in [-0.05, 0) is 12.0 Å². The van der Waals surface area contributed by atoms with Crippen LogP contribution in [0.2, 0.25) is 0 Å². The van der Waals surface area contributed by atoms with E-state index in [9.17, 15) is 14.4 Å². The van der Waals surface area contributed by atoms with Crippen LogP contribution in [-0.4, -0.2) is 90.8 Å². The molecule has 1 radical (unpaired) electrons. The number of aliphatic carboxylic acids is 1. The van der Waals surface area contributed by atoms with Crippen LogP contribution in [0.25, 0.3) is 0 Å². The van der Waals surface area contributed by atoms with E-state index in [0.717, 1.165) is 5.56 Å². The fourth-order valence-corrected chi connectivity index (χ4v) is 2.45. The third kappa shape index (κ3) is 7.05. The summed E-state index contributed by atoms with van der Waals surface area (Å²) in [7, 11) is 1.59. The van der Waals surface area contributed by atoms with Crippen molar-refractivity contribution in [2.24, 2.45) is 0 Å². The van der Waals surface area contributed by atoms with Crippen molar-refractivity contribution >= 4 is 47.3 Å². The van der Waals surface area contributed by atoms with Crippen LogP contribution in [-0.2, 0) is 25.5 Å². The number of carbonyl (C=O) groups is 3. The zero-order valence-corrected chi connectivity index (χ0v) is 17.0. The average molecular weight is 372 g/mol. The molecule has 1 fully saturated rings. The minimum atomic E-state index is -1.08. The molecular formula is C17H23N3NaO5. The number of carboxylic acid groups (broad SMARTS) is 1. The third-order valence-corrected chi connectivity index (χ3v) is 3.87. The molecular weight excluding hydrogens is 349 g/mol. The van der Waals surface area contributed by atoms with Gasteiger partial charge in [-0.2, -0.15) is 0 Å². The first kappa shape index (κ1) is 22.6. The fourth-order valence-electron chi connectivity index (χ4n) is 2.45. The van der Waals surface area contributed by atoms with E-state index in [1.807, 2.05) is 30.3 Å². The molecule has 1 aliphatic heterocycles. The molecule has 0 unspecified atom stereocenters. The Morgan fingerprint density at radius 1 is 1.23 bits per heavy atom. The second kappa shape index (κ2) is 11.3. The molecule has 1 aromatic carbocycles. The Labute approximate surface area is 174 Å². The molecule has 0 saturated carbocycles. The number of methoxy groups -OCH3 is 1. The molecule has 1 aliphatic rings. The maximum absolute atomic E-state index is 12.4. The molecule has 137 valence electrons. The summed E-state index contributed by atoms with van der Waals surface area (Å²) in [4.78, 5) is 35.4. The van der Waals surface area contributed by atoms with Gasteiger partial charge in [0.1, 0.15) is 18.1 Å². The van der Waals surface area contributed by atoms with Crippen LogP contribution in [0.15, 0.2) is 30.3 Å². The number of ether oxygens (including phenoxy) is 1. The summed E-state index contributed by atoms with van der Waals surface area (Å²) in [5.41, 5.74) is 0.901. The number of rotatable bonds is 10. The van der Waals surface area contributed by atoms with Gasteiger partial charge in [0.05, 0.1) is 0 Å². The normalized spacial score (nSPS) is 19.0. The Hall–Kier alpha value is -1.45. The van der Waals surface area contributed by atoms with Crippen molar-refractivity contribution in [3.63, 3.8) is 0 Å². The van der Waals surface area contributed by atoms with Gasteiger partial charge in [-0.25, -0.2) is 0 Å². The summed E-state index contributed by atoms with van der Waals surface area (Å²) in [5, 5.41) is 16.9. The van der Waals surface area contributed by atoms with E-state index in [-0.39, 0.29) is 35.5 Å². The first-order chi connectivity index (χ1) is 12.0. The van der Waals surface area contributed by atoms with Gasteiger partial charge in [-0.1, -0.05) is 30.3 Å². The van der Waals surface area contributed by atoms with E-state index in [2.05, 4.69) is 16.0 Å². The molecule has 0 spiro atoms. The van der Waals surface area contributed by atoms with Crippen LogP contribution >= 0.6 is 0 Å². The van der Waals surface area contributed by atoms with Gasteiger partial charge >= 0.3 is 5.97 Å². The molecule has 2 amide bonds. The fraction of sp³-hybridized carbons (Fsp3) is 0.471. The van der Waals surface area contributed by atoms with Crippen LogP contribution in [0.3, 0.4) is 0 Å².